The molecule has 1 amide bonds. The van der Waals surface area contributed by atoms with Gasteiger partial charge < -0.3 is 10.1 Å². The Balaban J connectivity index is 1.50. The van der Waals surface area contributed by atoms with E-state index in [-0.39, 0.29) is 11.8 Å². The standard InChI is InChI=1S/C22H24N4O3S2/c1-14(2)12-29-21(28)20-15(3)25-22(31-20)26-18(27)9-10-30-19-11-17(23-13-24-19)16-7-5-4-6-8-16/h4-8,11,13-14H,9-10,12H2,1-3H3,(H,25,26,27). The van der Waals surface area contributed by atoms with Gasteiger partial charge in [-0.1, -0.05) is 55.5 Å². The third-order valence-corrected chi connectivity index (χ3v) is 6.05. The summed E-state index contributed by atoms with van der Waals surface area (Å²) in [5, 5.41) is 3.97. The van der Waals surface area contributed by atoms with Gasteiger partial charge in [0, 0.05) is 17.7 Å². The predicted molar refractivity (Wildman–Crippen MR) is 123 cm³/mol. The van der Waals surface area contributed by atoms with Crippen LogP contribution >= 0.6 is 23.1 Å². The topological polar surface area (TPSA) is 94.1 Å². The number of carbonyl (C=O) groups is 2. The van der Waals surface area contributed by atoms with Crippen molar-refractivity contribution in [3.63, 3.8) is 0 Å². The molecule has 0 radical (unpaired) electrons. The van der Waals surface area contributed by atoms with Crippen LogP contribution in [0, 0.1) is 12.8 Å². The number of hydrogen-bond donors (Lipinski definition) is 1. The van der Waals surface area contributed by atoms with E-state index in [1.807, 2.05) is 50.2 Å². The molecule has 1 aromatic carbocycles. The zero-order valence-corrected chi connectivity index (χ0v) is 19.3. The summed E-state index contributed by atoms with van der Waals surface area (Å²) in [5.41, 5.74) is 2.42. The molecule has 0 saturated heterocycles. The molecule has 2 aromatic heterocycles. The fraction of sp³-hybridized carbons (Fsp3) is 0.318. The molecule has 0 aliphatic heterocycles. The van der Waals surface area contributed by atoms with Gasteiger partial charge in [0.2, 0.25) is 5.91 Å². The lowest BCUT2D eigenvalue weighted by Gasteiger charge is -2.05. The Morgan fingerprint density at radius 1 is 1.19 bits per heavy atom. The number of anilines is 1. The van der Waals surface area contributed by atoms with Crippen LogP contribution in [0.2, 0.25) is 0 Å². The van der Waals surface area contributed by atoms with E-state index in [4.69, 9.17) is 4.74 Å². The number of benzene rings is 1. The number of amides is 1. The van der Waals surface area contributed by atoms with Crippen molar-refractivity contribution in [1.82, 2.24) is 15.0 Å². The Morgan fingerprint density at radius 2 is 1.97 bits per heavy atom. The number of aromatic nitrogens is 3. The number of esters is 1. The van der Waals surface area contributed by atoms with Crippen molar-refractivity contribution >= 4 is 40.1 Å². The van der Waals surface area contributed by atoms with Gasteiger partial charge in [0.1, 0.15) is 11.2 Å². The van der Waals surface area contributed by atoms with Crippen LogP contribution in [-0.4, -0.2) is 39.2 Å². The molecule has 0 aliphatic carbocycles. The van der Waals surface area contributed by atoms with E-state index < -0.39 is 5.97 Å². The maximum absolute atomic E-state index is 12.3. The molecule has 9 heteroatoms. The number of thiazole rings is 1. The smallest absolute Gasteiger partial charge is 0.350 e. The summed E-state index contributed by atoms with van der Waals surface area (Å²) in [6.07, 6.45) is 1.82. The third kappa shape index (κ3) is 6.86. The van der Waals surface area contributed by atoms with Crippen LogP contribution in [0.15, 0.2) is 47.8 Å². The molecule has 0 atom stereocenters. The maximum atomic E-state index is 12.3. The first-order valence-corrected chi connectivity index (χ1v) is 11.7. The van der Waals surface area contributed by atoms with Crippen LogP contribution < -0.4 is 5.32 Å². The van der Waals surface area contributed by atoms with Crippen molar-refractivity contribution < 1.29 is 14.3 Å². The number of nitrogens with one attached hydrogen (secondary N) is 1. The highest BCUT2D eigenvalue weighted by Gasteiger charge is 2.18. The lowest BCUT2D eigenvalue weighted by atomic mass is 10.1. The predicted octanol–water partition coefficient (Wildman–Crippen LogP) is 4.84. The van der Waals surface area contributed by atoms with E-state index in [9.17, 15) is 9.59 Å². The van der Waals surface area contributed by atoms with Crippen molar-refractivity contribution in [3.8, 4) is 11.3 Å². The van der Waals surface area contributed by atoms with Crippen LogP contribution in [0.25, 0.3) is 11.3 Å². The molecule has 1 N–H and O–H groups in total. The maximum Gasteiger partial charge on any atom is 0.350 e. The molecule has 0 aliphatic rings. The normalized spacial score (nSPS) is 10.8. The Bertz CT molecular complexity index is 1040. The summed E-state index contributed by atoms with van der Waals surface area (Å²) >= 11 is 2.62. The Labute approximate surface area is 189 Å². The number of aryl methyl sites for hydroxylation is 1. The number of rotatable bonds is 9. The second-order valence-corrected chi connectivity index (χ2v) is 9.29. The van der Waals surface area contributed by atoms with Crippen molar-refractivity contribution in [2.75, 3.05) is 17.7 Å². The quantitative estimate of drug-likeness (QED) is 0.280. The number of thioether (sulfide) groups is 1. The van der Waals surface area contributed by atoms with Gasteiger partial charge in [-0.05, 0) is 18.9 Å². The van der Waals surface area contributed by atoms with Gasteiger partial charge in [-0.15, -0.1) is 11.8 Å². The van der Waals surface area contributed by atoms with Gasteiger partial charge in [0.05, 0.1) is 23.0 Å². The molecule has 0 unspecified atom stereocenters. The second-order valence-electron chi connectivity index (χ2n) is 7.18. The molecule has 7 nitrogen and oxygen atoms in total. The molecule has 2 heterocycles. The molecule has 162 valence electrons. The minimum absolute atomic E-state index is 0.166. The lowest BCUT2D eigenvalue weighted by molar-refractivity contribution is -0.115. The minimum Gasteiger partial charge on any atom is -0.461 e. The van der Waals surface area contributed by atoms with Gasteiger partial charge in [-0.3, -0.25) is 4.79 Å². The summed E-state index contributed by atoms with van der Waals surface area (Å²) in [6.45, 7) is 6.03. The van der Waals surface area contributed by atoms with Crippen molar-refractivity contribution in [1.29, 1.82) is 0 Å². The van der Waals surface area contributed by atoms with Crippen molar-refractivity contribution in [2.45, 2.75) is 32.2 Å². The third-order valence-electron chi connectivity index (χ3n) is 4.07. The van der Waals surface area contributed by atoms with Crippen LogP contribution in [0.5, 0.6) is 0 Å². The van der Waals surface area contributed by atoms with E-state index in [1.54, 1.807) is 6.92 Å². The number of hydrogen-bond acceptors (Lipinski definition) is 8. The van der Waals surface area contributed by atoms with Crippen molar-refractivity contribution in [2.24, 2.45) is 5.92 Å². The molecule has 0 spiro atoms. The highest BCUT2D eigenvalue weighted by molar-refractivity contribution is 7.99. The Hall–Kier alpha value is -2.78. The van der Waals surface area contributed by atoms with Crippen molar-refractivity contribution in [3.05, 3.63) is 53.3 Å². The number of carbonyl (C=O) groups excluding carboxylic acids is 2. The van der Waals surface area contributed by atoms with Crippen LogP contribution in [0.4, 0.5) is 5.13 Å². The molecule has 31 heavy (non-hydrogen) atoms. The van der Waals surface area contributed by atoms with E-state index in [2.05, 4.69) is 20.3 Å². The highest BCUT2D eigenvalue weighted by Crippen LogP contribution is 2.25. The second kappa shape index (κ2) is 11.0. The fourth-order valence-corrected chi connectivity index (χ4v) is 4.25. The average Bonchev–Trinajstić information content (AvgIpc) is 3.12. The number of nitrogens with zero attached hydrogens (tertiary/aromatic N) is 3. The molecule has 0 saturated carbocycles. The molecule has 0 fully saturated rings. The summed E-state index contributed by atoms with van der Waals surface area (Å²) < 4.78 is 5.25. The first-order chi connectivity index (χ1) is 14.9. The monoisotopic (exact) mass is 456 g/mol. The Morgan fingerprint density at radius 3 is 2.71 bits per heavy atom. The molecule has 3 aromatic rings. The summed E-state index contributed by atoms with van der Waals surface area (Å²) in [4.78, 5) is 37.7. The molecule has 0 bridgehead atoms. The van der Waals surface area contributed by atoms with Crippen LogP contribution in [0.1, 0.15) is 35.6 Å². The van der Waals surface area contributed by atoms with Gasteiger partial charge in [0.15, 0.2) is 5.13 Å². The number of ether oxygens (including phenoxy) is 1. The zero-order valence-electron chi connectivity index (χ0n) is 17.6. The first kappa shape index (κ1) is 22.9. The summed E-state index contributed by atoms with van der Waals surface area (Å²) in [5.74, 6) is 0.246. The Kier molecular flexibility index (Phi) is 8.13. The van der Waals surface area contributed by atoms with Gasteiger partial charge in [-0.25, -0.2) is 19.7 Å². The minimum atomic E-state index is -0.405. The molecule has 3 rings (SSSR count). The van der Waals surface area contributed by atoms with Crippen LogP contribution in [-0.2, 0) is 9.53 Å². The van der Waals surface area contributed by atoms with Crippen LogP contribution in [0.3, 0.4) is 0 Å². The lowest BCUT2D eigenvalue weighted by Crippen LogP contribution is -2.12. The largest absolute Gasteiger partial charge is 0.461 e. The van der Waals surface area contributed by atoms with Gasteiger partial charge in [-0.2, -0.15) is 0 Å². The fourth-order valence-electron chi connectivity index (χ4n) is 2.56. The average molecular weight is 457 g/mol. The van der Waals surface area contributed by atoms with Gasteiger partial charge in [0.25, 0.3) is 0 Å². The van der Waals surface area contributed by atoms with Gasteiger partial charge >= 0.3 is 5.97 Å². The van der Waals surface area contributed by atoms with E-state index in [0.29, 0.717) is 34.5 Å². The first-order valence-electron chi connectivity index (χ1n) is 9.87. The molecular weight excluding hydrogens is 432 g/mol. The zero-order chi connectivity index (χ0) is 22.2. The van der Waals surface area contributed by atoms with E-state index in [1.165, 1.54) is 18.1 Å². The molecular formula is C22H24N4O3S2. The summed E-state index contributed by atoms with van der Waals surface area (Å²) in [6, 6.07) is 11.8. The summed E-state index contributed by atoms with van der Waals surface area (Å²) in [7, 11) is 0. The highest BCUT2D eigenvalue weighted by atomic mass is 32.2. The van der Waals surface area contributed by atoms with E-state index in [0.717, 1.165) is 27.6 Å². The SMILES string of the molecule is Cc1nc(NC(=O)CCSc2cc(-c3ccccc3)ncn2)sc1C(=O)OCC(C)C. The van der Waals surface area contributed by atoms with E-state index >= 15 is 0 Å².